The van der Waals surface area contributed by atoms with Gasteiger partial charge >= 0.3 is 0 Å². The van der Waals surface area contributed by atoms with Crippen LogP contribution < -0.4 is 0 Å². The average molecular weight is 304 g/mol. The Kier molecular flexibility index (Phi) is 5.77. The quantitative estimate of drug-likeness (QED) is 0.411. The second kappa shape index (κ2) is 8.24. The molecule has 0 saturated carbocycles. The summed E-state index contributed by atoms with van der Waals surface area (Å²) < 4.78 is 0. The zero-order chi connectivity index (χ0) is 16.5. The fourth-order valence-corrected chi connectivity index (χ4v) is 1.91. The van der Waals surface area contributed by atoms with Crippen LogP contribution in [0, 0.1) is 16.2 Å². The van der Waals surface area contributed by atoms with Gasteiger partial charge in [-0.3, -0.25) is 14.9 Å². The fourth-order valence-electron chi connectivity index (χ4n) is 1.91. The van der Waals surface area contributed by atoms with Crippen molar-refractivity contribution in [3.63, 3.8) is 0 Å². The predicted octanol–water partition coefficient (Wildman–Crippen LogP) is 4.31. The number of para-hydroxylation sites is 1. The summed E-state index contributed by atoms with van der Waals surface area (Å²) in [5.41, 5.74) is 0.395. The van der Waals surface area contributed by atoms with E-state index in [1.807, 2.05) is 30.3 Å². The van der Waals surface area contributed by atoms with Crippen LogP contribution in [0.2, 0.25) is 0 Å². The number of benzene rings is 3. The lowest BCUT2D eigenvalue weighted by Crippen LogP contribution is -2.04. The Morgan fingerprint density at radius 3 is 1.91 bits per heavy atom. The van der Waals surface area contributed by atoms with E-state index in [0.29, 0.717) is 5.56 Å². The highest BCUT2D eigenvalue weighted by atomic mass is 16.6. The summed E-state index contributed by atoms with van der Waals surface area (Å²) in [5, 5.41) is 10.8. The van der Waals surface area contributed by atoms with Crippen molar-refractivity contribution in [2.24, 2.45) is 0 Å². The summed E-state index contributed by atoms with van der Waals surface area (Å²) in [6.07, 6.45) is 0. The van der Waals surface area contributed by atoms with Crippen molar-refractivity contribution >= 4 is 11.5 Å². The highest BCUT2D eigenvalue weighted by molar-refractivity contribution is 6.11. The largest absolute Gasteiger partial charge is 0.288 e. The molecule has 3 rings (SSSR count). The zero-order valence-corrected chi connectivity index (χ0v) is 12.3. The molecule has 0 aliphatic heterocycles. The first kappa shape index (κ1) is 16.1. The molecule has 4 nitrogen and oxygen atoms in total. The molecular weight excluding hydrogens is 290 g/mol. The average Bonchev–Trinajstić information content (AvgIpc) is 2.64. The third-order valence-electron chi connectivity index (χ3n) is 2.99. The molecule has 1 radical (unpaired) electrons. The Hall–Kier alpha value is -3.27. The van der Waals surface area contributed by atoms with Crippen molar-refractivity contribution in [1.29, 1.82) is 0 Å². The molecule has 0 aromatic heterocycles. The lowest BCUT2D eigenvalue weighted by molar-refractivity contribution is -0.385. The van der Waals surface area contributed by atoms with Crippen LogP contribution in [0.25, 0.3) is 0 Å². The number of carbonyl (C=O) groups is 1. The SMILES string of the molecule is O=C(c1ccccc1)c1ccccc1[N+](=O)[O-].[c]1ccccc1. The minimum absolute atomic E-state index is 0.115. The summed E-state index contributed by atoms with van der Waals surface area (Å²) >= 11 is 0. The minimum atomic E-state index is -0.545. The van der Waals surface area contributed by atoms with E-state index in [4.69, 9.17) is 0 Å². The van der Waals surface area contributed by atoms with Crippen molar-refractivity contribution in [3.05, 3.63) is 112 Å². The second-order valence-electron chi connectivity index (χ2n) is 4.55. The molecule has 4 heteroatoms. The molecule has 23 heavy (non-hydrogen) atoms. The van der Waals surface area contributed by atoms with Crippen LogP contribution in [0.4, 0.5) is 5.69 Å². The van der Waals surface area contributed by atoms with Gasteiger partial charge in [0.25, 0.3) is 5.69 Å². The first-order chi connectivity index (χ1) is 11.2. The van der Waals surface area contributed by atoms with E-state index >= 15 is 0 Å². The topological polar surface area (TPSA) is 60.2 Å². The Balaban J connectivity index is 0.000000268. The molecule has 0 fully saturated rings. The van der Waals surface area contributed by atoms with Gasteiger partial charge in [0.1, 0.15) is 5.56 Å². The van der Waals surface area contributed by atoms with Crippen LogP contribution in [-0.4, -0.2) is 10.7 Å². The highest BCUT2D eigenvalue weighted by Crippen LogP contribution is 2.20. The van der Waals surface area contributed by atoms with Gasteiger partial charge in [0.2, 0.25) is 0 Å². The van der Waals surface area contributed by atoms with Crippen molar-refractivity contribution < 1.29 is 9.72 Å². The molecule has 0 saturated heterocycles. The van der Waals surface area contributed by atoms with Crippen LogP contribution in [0.1, 0.15) is 15.9 Å². The van der Waals surface area contributed by atoms with E-state index in [0.717, 1.165) is 0 Å². The van der Waals surface area contributed by atoms with Gasteiger partial charge in [-0.1, -0.05) is 72.8 Å². The lowest BCUT2D eigenvalue weighted by Gasteiger charge is -2.01. The lowest BCUT2D eigenvalue weighted by atomic mass is 10.0. The minimum Gasteiger partial charge on any atom is -0.288 e. The maximum absolute atomic E-state index is 12.1. The molecule has 0 amide bonds. The Bertz CT molecular complexity index is 744. The zero-order valence-electron chi connectivity index (χ0n) is 12.3. The maximum Gasteiger partial charge on any atom is 0.280 e. The predicted molar refractivity (Wildman–Crippen MR) is 88.2 cm³/mol. The van der Waals surface area contributed by atoms with E-state index in [1.165, 1.54) is 12.1 Å². The third kappa shape index (κ3) is 4.61. The highest BCUT2D eigenvalue weighted by Gasteiger charge is 2.19. The van der Waals surface area contributed by atoms with Gasteiger partial charge in [0.15, 0.2) is 5.78 Å². The smallest absolute Gasteiger partial charge is 0.280 e. The van der Waals surface area contributed by atoms with Gasteiger partial charge in [0, 0.05) is 11.6 Å². The molecule has 113 valence electrons. The standard InChI is InChI=1S/C13H9NO3.C6H5/c15-13(10-6-2-1-3-7-10)11-8-4-5-9-12(11)14(16)17;1-2-4-6-5-3-1/h1-9H;1-5H. The molecule has 0 N–H and O–H groups in total. The molecule has 0 spiro atoms. The first-order valence-electron chi connectivity index (χ1n) is 6.94. The summed E-state index contributed by atoms with van der Waals surface area (Å²) in [6.45, 7) is 0. The van der Waals surface area contributed by atoms with Crippen LogP contribution in [0.3, 0.4) is 0 Å². The second-order valence-corrected chi connectivity index (χ2v) is 4.55. The van der Waals surface area contributed by atoms with Crippen LogP contribution in [0.5, 0.6) is 0 Å². The van der Waals surface area contributed by atoms with Gasteiger partial charge in [-0.2, -0.15) is 0 Å². The van der Waals surface area contributed by atoms with Gasteiger partial charge in [-0.05, 0) is 12.1 Å². The van der Waals surface area contributed by atoms with Gasteiger partial charge in [0.05, 0.1) is 4.92 Å². The number of rotatable bonds is 3. The molecule has 0 unspecified atom stereocenters. The van der Waals surface area contributed by atoms with Crippen molar-refractivity contribution in [2.45, 2.75) is 0 Å². The third-order valence-corrected chi connectivity index (χ3v) is 2.99. The Labute approximate surface area is 134 Å². The molecule has 0 heterocycles. The molecule has 0 aliphatic carbocycles. The number of nitro groups is 1. The van der Waals surface area contributed by atoms with Crippen LogP contribution in [0.15, 0.2) is 84.9 Å². The molecule has 0 atom stereocenters. The first-order valence-corrected chi connectivity index (χ1v) is 6.94. The molecule has 3 aromatic carbocycles. The van der Waals surface area contributed by atoms with E-state index in [-0.39, 0.29) is 17.0 Å². The van der Waals surface area contributed by atoms with E-state index in [1.54, 1.807) is 42.5 Å². The summed E-state index contributed by atoms with van der Waals surface area (Å²) in [5.74, 6) is -0.335. The van der Waals surface area contributed by atoms with Crippen LogP contribution in [-0.2, 0) is 0 Å². The number of carbonyl (C=O) groups excluding carboxylic acids is 1. The van der Waals surface area contributed by atoms with Crippen molar-refractivity contribution in [3.8, 4) is 0 Å². The molecule has 0 aliphatic rings. The molecular formula is C19H14NO3. The van der Waals surface area contributed by atoms with Gasteiger partial charge in [-0.15, -0.1) is 0 Å². The van der Waals surface area contributed by atoms with Crippen LogP contribution >= 0.6 is 0 Å². The normalized spacial score (nSPS) is 9.39. The number of nitro benzene ring substituents is 1. The number of nitrogens with zero attached hydrogens (tertiary/aromatic N) is 1. The van der Waals surface area contributed by atoms with Crippen molar-refractivity contribution in [1.82, 2.24) is 0 Å². The van der Waals surface area contributed by atoms with E-state index in [2.05, 4.69) is 6.07 Å². The van der Waals surface area contributed by atoms with E-state index in [9.17, 15) is 14.9 Å². The summed E-state index contributed by atoms with van der Waals surface area (Å²) in [6, 6.07) is 27.0. The van der Waals surface area contributed by atoms with E-state index < -0.39 is 4.92 Å². The summed E-state index contributed by atoms with van der Waals surface area (Å²) in [4.78, 5) is 22.3. The Morgan fingerprint density at radius 2 is 1.39 bits per heavy atom. The van der Waals surface area contributed by atoms with Gasteiger partial charge in [-0.25, -0.2) is 0 Å². The maximum atomic E-state index is 12.1. The molecule has 3 aromatic rings. The number of ketones is 1. The Morgan fingerprint density at radius 1 is 0.826 bits per heavy atom. The van der Waals surface area contributed by atoms with Gasteiger partial charge < -0.3 is 0 Å². The molecule has 0 bridgehead atoms. The summed E-state index contributed by atoms with van der Waals surface area (Å²) in [7, 11) is 0. The fraction of sp³-hybridized carbons (Fsp3) is 0. The van der Waals surface area contributed by atoms with Crippen molar-refractivity contribution in [2.75, 3.05) is 0 Å². The monoisotopic (exact) mass is 304 g/mol. The number of hydrogen-bond donors (Lipinski definition) is 0. The number of hydrogen-bond acceptors (Lipinski definition) is 3.